The molecule has 0 fully saturated rings. The fraction of sp³-hybridized carbons (Fsp3) is 0.750. The molecule has 1 aromatic heterocycles. The Bertz CT molecular complexity index is 545. The summed E-state index contributed by atoms with van der Waals surface area (Å²) in [6.45, 7) is 9.75. The van der Waals surface area contributed by atoms with Crippen molar-refractivity contribution in [2.75, 3.05) is 13.2 Å². The van der Waals surface area contributed by atoms with E-state index in [4.69, 9.17) is 4.74 Å². The molecule has 0 spiro atoms. The van der Waals surface area contributed by atoms with Gasteiger partial charge in [0.25, 0.3) is 0 Å². The van der Waals surface area contributed by atoms with Crippen LogP contribution in [0.2, 0.25) is 0 Å². The molecule has 26 heavy (non-hydrogen) atoms. The molecule has 1 heterocycles. The van der Waals surface area contributed by atoms with E-state index >= 15 is 0 Å². The molecular weight excluding hydrogens is 348 g/mol. The van der Waals surface area contributed by atoms with Crippen molar-refractivity contribution in [3.05, 3.63) is 16.1 Å². The largest absolute Gasteiger partial charge is 0.461 e. The van der Waals surface area contributed by atoms with Crippen LogP contribution in [0.1, 0.15) is 88.1 Å². The van der Waals surface area contributed by atoms with Crippen LogP contribution < -0.4 is 0 Å². The van der Waals surface area contributed by atoms with Crippen LogP contribution in [-0.2, 0) is 16.1 Å². The molecule has 6 heteroatoms. The topological polar surface area (TPSA) is 59.5 Å². The van der Waals surface area contributed by atoms with Crippen molar-refractivity contribution < 1.29 is 14.3 Å². The van der Waals surface area contributed by atoms with Gasteiger partial charge >= 0.3 is 5.97 Å². The normalized spacial score (nSPS) is 12.0. The standard InChI is InChI=1S/C20H34N2O3S/c1-5-9-11-13-22(19(23)16(7-3)12-10-6-2)14-18-21-17(15-26-18)20(24)25-8-4/h15-16H,5-14H2,1-4H3. The summed E-state index contributed by atoms with van der Waals surface area (Å²) in [4.78, 5) is 31.2. The SMILES string of the molecule is CCCCCN(Cc1nc(C(=O)OCC)cs1)C(=O)C(CC)CCCC. The van der Waals surface area contributed by atoms with Crippen molar-refractivity contribution in [2.45, 2.75) is 79.2 Å². The minimum atomic E-state index is -0.395. The van der Waals surface area contributed by atoms with E-state index in [1.165, 1.54) is 11.3 Å². The third-order valence-electron chi connectivity index (χ3n) is 4.45. The van der Waals surface area contributed by atoms with Crippen LogP contribution >= 0.6 is 11.3 Å². The van der Waals surface area contributed by atoms with Gasteiger partial charge in [-0.1, -0.05) is 46.5 Å². The summed E-state index contributed by atoms with van der Waals surface area (Å²) in [5.41, 5.74) is 0.339. The molecule has 1 aromatic rings. The third-order valence-corrected chi connectivity index (χ3v) is 5.29. The fourth-order valence-electron chi connectivity index (χ4n) is 2.88. The molecule has 0 saturated carbocycles. The lowest BCUT2D eigenvalue weighted by Crippen LogP contribution is -2.36. The Balaban J connectivity index is 2.81. The Kier molecular flexibility index (Phi) is 11.2. The van der Waals surface area contributed by atoms with Gasteiger partial charge in [0.2, 0.25) is 5.91 Å². The van der Waals surface area contributed by atoms with Crippen molar-refractivity contribution in [3.63, 3.8) is 0 Å². The summed E-state index contributed by atoms with van der Waals surface area (Å²) in [5, 5.41) is 2.51. The molecule has 5 nitrogen and oxygen atoms in total. The minimum Gasteiger partial charge on any atom is -0.461 e. The van der Waals surface area contributed by atoms with Crippen molar-refractivity contribution in [1.29, 1.82) is 0 Å². The highest BCUT2D eigenvalue weighted by atomic mass is 32.1. The van der Waals surface area contributed by atoms with Gasteiger partial charge in [-0.15, -0.1) is 11.3 Å². The lowest BCUT2D eigenvalue weighted by Gasteiger charge is -2.26. The first-order valence-corrected chi connectivity index (χ1v) is 10.8. The second-order valence-corrected chi connectivity index (χ2v) is 7.50. The van der Waals surface area contributed by atoms with E-state index in [9.17, 15) is 9.59 Å². The van der Waals surface area contributed by atoms with E-state index in [1.54, 1.807) is 12.3 Å². The van der Waals surface area contributed by atoms with Gasteiger partial charge in [-0.25, -0.2) is 9.78 Å². The number of carbonyl (C=O) groups is 2. The molecule has 1 atom stereocenters. The number of hydrogen-bond acceptors (Lipinski definition) is 5. The highest BCUT2D eigenvalue weighted by Gasteiger charge is 2.23. The van der Waals surface area contributed by atoms with E-state index in [0.29, 0.717) is 18.8 Å². The van der Waals surface area contributed by atoms with E-state index in [2.05, 4.69) is 25.8 Å². The molecule has 0 bridgehead atoms. The number of nitrogens with zero attached hydrogens (tertiary/aromatic N) is 2. The number of carbonyl (C=O) groups excluding carboxylic acids is 2. The lowest BCUT2D eigenvalue weighted by molar-refractivity contribution is -0.136. The highest BCUT2D eigenvalue weighted by molar-refractivity contribution is 7.09. The maximum absolute atomic E-state index is 13.0. The Morgan fingerprint density at radius 2 is 1.88 bits per heavy atom. The Morgan fingerprint density at radius 3 is 2.50 bits per heavy atom. The predicted molar refractivity (Wildman–Crippen MR) is 106 cm³/mol. The van der Waals surface area contributed by atoms with Crippen LogP contribution in [0, 0.1) is 5.92 Å². The summed E-state index contributed by atoms with van der Waals surface area (Å²) in [6.07, 6.45) is 7.24. The first kappa shape index (κ1) is 22.6. The van der Waals surface area contributed by atoms with Gasteiger partial charge in [-0.3, -0.25) is 4.79 Å². The van der Waals surface area contributed by atoms with Gasteiger partial charge in [0.15, 0.2) is 5.69 Å². The molecular formula is C20H34N2O3S. The van der Waals surface area contributed by atoms with Crippen LogP contribution in [-0.4, -0.2) is 34.9 Å². The third kappa shape index (κ3) is 7.44. The van der Waals surface area contributed by atoms with E-state index in [0.717, 1.165) is 56.5 Å². The maximum atomic E-state index is 13.0. The number of esters is 1. The number of amides is 1. The first-order valence-electron chi connectivity index (χ1n) is 9.97. The summed E-state index contributed by atoms with van der Waals surface area (Å²) in [7, 11) is 0. The minimum absolute atomic E-state index is 0.0843. The van der Waals surface area contributed by atoms with Crippen LogP contribution in [0.3, 0.4) is 0 Å². The zero-order valence-corrected chi connectivity index (χ0v) is 17.6. The molecule has 0 aliphatic carbocycles. The monoisotopic (exact) mass is 382 g/mol. The average molecular weight is 383 g/mol. The van der Waals surface area contributed by atoms with Gasteiger partial charge in [-0.05, 0) is 26.2 Å². The molecule has 0 aliphatic rings. The van der Waals surface area contributed by atoms with Gasteiger partial charge in [0, 0.05) is 17.8 Å². The number of unbranched alkanes of at least 4 members (excludes halogenated alkanes) is 3. The molecule has 0 aromatic carbocycles. The number of hydrogen-bond donors (Lipinski definition) is 0. The summed E-state index contributed by atoms with van der Waals surface area (Å²) < 4.78 is 5.00. The Labute approximate surface area is 162 Å². The molecule has 1 unspecified atom stereocenters. The maximum Gasteiger partial charge on any atom is 0.357 e. The number of aromatic nitrogens is 1. The van der Waals surface area contributed by atoms with Crippen LogP contribution in [0.15, 0.2) is 5.38 Å². The van der Waals surface area contributed by atoms with Gasteiger partial charge in [-0.2, -0.15) is 0 Å². The summed E-state index contributed by atoms with van der Waals surface area (Å²) >= 11 is 1.42. The molecule has 0 N–H and O–H groups in total. The van der Waals surface area contributed by atoms with Crippen LogP contribution in [0.5, 0.6) is 0 Å². The molecule has 0 saturated heterocycles. The quantitative estimate of drug-likeness (QED) is 0.354. The van der Waals surface area contributed by atoms with Crippen molar-refractivity contribution in [2.24, 2.45) is 5.92 Å². The summed E-state index contributed by atoms with van der Waals surface area (Å²) in [6, 6.07) is 0. The average Bonchev–Trinajstić information content (AvgIpc) is 3.10. The van der Waals surface area contributed by atoms with Gasteiger partial charge in [0.1, 0.15) is 5.01 Å². The molecule has 1 amide bonds. The van der Waals surface area contributed by atoms with Crippen LogP contribution in [0.25, 0.3) is 0 Å². The van der Waals surface area contributed by atoms with Gasteiger partial charge in [0.05, 0.1) is 13.2 Å². The fourth-order valence-corrected chi connectivity index (χ4v) is 3.65. The molecule has 148 valence electrons. The predicted octanol–water partition coefficient (Wildman–Crippen LogP) is 5.06. The number of rotatable bonds is 13. The van der Waals surface area contributed by atoms with Crippen molar-refractivity contribution >= 4 is 23.2 Å². The van der Waals surface area contributed by atoms with E-state index in [-0.39, 0.29) is 11.8 Å². The summed E-state index contributed by atoms with van der Waals surface area (Å²) in [5.74, 6) is -0.0840. The van der Waals surface area contributed by atoms with Crippen LogP contribution in [0.4, 0.5) is 0 Å². The molecule has 0 radical (unpaired) electrons. The molecule has 0 aliphatic heterocycles. The first-order chi connectivity index (χ1) is 12.6. The highest BCUT2D eigenvalue weighted by Crippen LogP contribution is 2.20. The van der Waals surface area contributed by atoms with E-state index in [1.807, 2.05) is 4.90 Å². The Hall–Kier alpha value is -1.43. The second-order valence-electron chi connectivity index (χ2n) is 6.56. The lowest BCUT2D eigenvalue weighted by atomic mass is 9.97. The van der Waals surface area contributed by atoms with Crippen molar-refractivity contribution in [1.82, 2.24) is 9.88 Å². The zero-order valence-electron chi connectivity index (χ0n) is 16.8. The Morgan fingerprint density at radius 1 is 1.15 bits per heavy atom. The number of thiazole rings is 1. The van der Waals surface area contributed by atoms with E-state index < -0.39 is 5.97 Å². The van der Waals surface area contributed by atoms with Gasteiger partial charge < -0.3 is 9.64 Å². The number of ether oxygens (including phenoxy) is 1. The second kappa shape index (κ2) is 12.8. The molecule has 1 rings (SSSR count). The zero-order chi connectivity index (χ0) is 19.4. The smallest absolute Gasteiger partial charge is 0.357 e. The van der Waals surface area contributed by atoms with Crippen molar-refractivity contribution in [3.8, 4) is 0 Å².